The number of nitrogens with zero attached hydrogens (tertiary/aromatic N) is 2. The topological polar surface area (TPSA) is 69.7 Å². The SMILES string of the molecule is Cc1ccc(S(=O)(=O)N2CCN(C(=O)NCCc3ccccc3)CC2)c(C)c1. The van der Waals surface area contributed by atoms with Crippen LogP contribution in [0.3, 0.4) is 0 Å². The van der Waals surface area contributed by atoms with Gasteiger partial charge in [-0.05, 0) is 37.5 Å². The highest BCUT2D eigenvalue weighted by Crippen LogP contribution is 2.22. The Hall–Kier alpha value is -2.38. The summed E-state index contributed by atoms with van der Waals surface area (Å²) in [5.74, 6) is 0. The van der Waals surface area contributed by atoms with Gasteiger partial charge in [-0.2, -0.15) is 4.31 Å². The van der Waals surface area contributed by atoms with Gasteiger partial charge in [0.1, 0.15) is 0 Å². The number of hydrogen-bond donors (Lipinski definition) is 1. The third-order valence-corrected chi connectivity index (χ3v) is 7.07. The minimum absolute atomic E-state index is 0.139. The van der Waals surface area contributed by atoms with Crippen molar-refractivity contribution in [2.24, 2.45) is 0 Å². The number of carbonyl (C=O) groups excluding carboxylic acids is 1. The highest BCUT2D eigenvalue weighted by molar-refractivity contribution is 7.89. The van der Waals surface area contributed by atoms with Crippen LogP contribution < -0.4 is 5.32 Å². The number of sulfonamides is 1. The van der Waals surface area contributed by atoms with Crippen molar-refractivity contribution in [1.82, 2.24) is 14.5 Å². The summed E-state index contributed by atoms with van der Waals surface area (Å²) in [6, 6.07) is 15.2. The van der Waals surface area contributed by atoms with Crippen molar-refractivity contribution >= 4 is 16.1 Å². The van der Waals surface area contributed by atoms with Gasteiger partial charge in [0.25, 0.3) is 0 Å². The van der Waals surface area contributed by atoms with Crippen LogP contribution in [0.1, 0.15) is 16.7 Å². The molecule has 0 atom stereocenters. The van der Waals surface area contributed by atoms with Crippen LogP contribution in [0, 0.1) is 13.8 Å². The summed E-state index contributed by atoms with van der Waals surface area (Å²) in [6.07, 6.45) is 0.771. The van der Waals surface area contributed by atoms with E-state index in [1.807, 2.05) is 56.3 Å². The molecule has 28 heavy (non-hydrogen) atoms. The predicted molar refractivity (Wildman–Crippen MR) is 110 cm³/mol. The second kappa shape index (κ2) is 8.75. The molecule has 0 radical (unpaired) electrons. The molecule has 1 fully saturated rings. The maximum atomic E-state index is 12.9. The molecule has 1 heterocycles. The third kappa shape index (κ3) is 4.72. The van der Waals surface area contributed by atoms with E-state index < -0.39 is 10.0 Å². The molecule has 2 amide bonds. The number of amides is 2. The first-order valence-corrected chi connectivity index (χ1v) is 11.0. The molecule has 7 heteroatoms. The van der Waals surface area contributed by atoms with Crippen LogP contribution in [0.15, 0.2) is 53.4 Å². The quantitative estimate of drug-likeness (QED) is 0.837. The fourth-order valence-electron chi connectivity index (χ4n) is 3.43. The molecule has 1 N–H and O–H groups in total. The van der Waals surface area contributed by atoms with Crippen molar-refractivity contribution < 1.29 is 13.2 Å². The lowest BCUT2D eigenvalue weighted by Crippen LogP contribution is -2.53. The number of piperazine rings is 1. The number of nitrogens with one attached hydrogen (secondary N) is 1. The standard InChI is InChI=1S/C21H27N3O3S/c1-17-8-9-20(18(2)16-17)28(26,27)24-14-12-23(13-15-24)21(25)22-11-10-19-6-4-3-5-7-19/h3-9,16H,10-15H2,1-2H3,(H,22,25). The fraction of sp³-hybridized carbons (Fsp3) is 0.381. The number of aryl methyl sites for hydroxylation is 2. The summed E-state index contributed by atoms with van der Waals surface area (Å²) in [7, 11) is -3.54. The van der Waals surface area contributed by atoms with Crippen molar-refractivity contribution in [3.05, 3.63) is 65.2 Å². The van der Waals surface area contributed by atoms with Gasteiger partial charge in [-0.15, -0.1) is 0 Å². The van der Waals surface area contributed by atoms with Gasteiger partial charge in [0, 0.05) is 32.7 Å². The van der Waals surface area contributed by atoms with Crippen molar-refractivity contribution in [2.45, 2.75) is 25.2 Å². The summed E-state index contributed by atoms with van der Waals surface area (Å²) in [5, 5.41) is 2.92. The van der Waals surface area contributed by atoms with E-state index >= 15 is 0 Å². The molecule has 1 aliphatic rings. The molecule has 0 unspecified atom stereocenters. The van der Waals surface area contributed by atoms with Crippen molar-refractivity contribution in [1.29, 1.82) is 0 Å². The first-order chi connectivity index (χ1) is 13.4. The van der Waals surface area contributed by atoms with E-state index in [0.29, 0.717) is 37.6 Å². The number of hydrogen-bond acceptors (Lipinski definition) is 3. The number of carbonyl (C=O) groups is 1. The van der Waals surface area contributed by atoms with Gasteiger partial charge in [0.2, 0.25) is 10.0 Å². The van der Waals surface area contributed by atoms with Crippen LogP contribution in [0.4, 0.5) is 4.79 Å². The van der Waals surface area contributed by atoms with Gasteiger partial charge in [-0.25, -0.2) is 13.2 Å². The molecular weight excluding hydrogens is 374 g/mol. The van der Waals surface area contributed by atoms with Gasteiger partial charge in [0.05, 0.1) is 4.90 Å². The summed E-state index contributed by atoms with van der Waals surface area (Å²) < 4.78 is 27.3. The van der Waals surface area contributed by atoms with E-state index in [1.165, 1.54) is 9.87 Å². The predicted octanol–water partition coefficient (Wildman–Crippen LogP) is 2.56. The zero-order valence-electron chi connectivity index (χ0n) is 16.4. The molecule has 1 aliphatic heterocycles. The Kier molecular flexibility index (Phi) is 6.36. The molecule has 0 aliphatic carbocycles. The van der Waals surface area contributed by atoms with E-state index in [9.17, 15) is 13.2 Å². The van der Waals surface area contributed by atoms with Gasteiger partial charge in [-0.3, -0.25) is 0 Å². The Bertz CT molecular complexity index is 921. The maximum absolute atomic E-state index is 12.9. The molecular formula is C21H27N3O3S. The lowest BCUT2D eigenvalue weighted by Gasteiger charge is -2.34. The summed E-state index contributed by atoms with van der Waals surface area (Å²) in [6.45, 7) is 5.71. The second-order valence-electron chi connectivity index (χ2n) is 7.13. The third-order valence-electron chi connectivity index (χ3n) is 5.01. The number of rotatable bonds is 5. The van der Waals surface area contributed by atoms with Gasteiger partial charge < -0.3 is 10.2 Å². The molecule has 2 aromatic carbocycles. The van der Waals surface area contributed by atoms with Crippen LogP contribution in [-0.2, 0) is 16.4 Å². The largest absolute Gasteiger partial charge is 0.338 e. The smallest absolute Gasteiger partial charge is 0.317 e. The average molecular weight is 402 g/mol. The molecule has 2 aromatic rings. The molecule has 1 saturated heterocycles. The normalized spacial score (nSPS) is 15.4. The highest BCUT2D eigenvalue weighted by Gasteiger charge is 2.30. The summed E-state index contributed by atoms with van der Waals surface area (Å²) in [5.41, 5.74) is 2.96. The Balaban J connectivity index is 1.52. The molecule has 6 nitrogen and oxygen atoms in total. The Morgan fingerprint density at radius 1 is 1.00 bits per heavy atom. The van der Waals surface area contributed by atoms with Crippen molar-refractivity contribution in [3.8, 4) is 0 Å². The van der Waals surface area contributed by atoms with Crippen molar-refractivity contribution in [2.75, 3.05) is 32.7 Å². The Morgan fingerprint density at radius 3 is 2.32 bits per heavy atom. The van der Waals surface area contributed by atoms with E-state index in [2.05, 4.69) is 5.32 Å². The monoisotopic (exact) mass is 401 g/mol. The molecule has 0 spiro atoms. The number of benzene rings is 2. The van der Waals surface area contributed by atoms with E-state index in [0.717, 1.165) is 17.5 Å². The zero-order chi connectivity index (χ0) is 20.1. The lowest BCUT2D eigenvalue weighted by atomic mass is 10.1. The second-order valence-corrected chi connectivity index (χ2v) is 9.03. The first-order valence-electron chi connectivity index (χ1n) is 9.52. The lowest BCUT2D eigenvalue weighted by molar-refractivity contribution is 0.172. The maximum Gasteiger partial charge on any atom is 0.317 e. The fourth-order valence-corrected chi connectivity index (χ4v) is 5.06. The van der Waals surface area contributed by atoms with Crippen LogP contribution in [-0.4, -0.2) is 56.4 Å². The van der Waals surface area contributed by atoms with Gasteiger partial charge >= 0.3 is 6.03 Å². The van der Waals surface area contributed by atoms with Crippen LogP contribution in [0.25, 0.3) is 0 Å². The molecule has 0 aromatic heterocycles. The van der Waals surface area contributed by atoms with Crippen LogP contribution >= 0.6 is 0 Å². The first kappa shape index (κ1) is 20.4. The van der Waals surface area contributed by atoms with Gasteiger partial charge in [-0.1, -0.05) is 48.0 Å². The number of urea groups is 1. The van der Waals surface area contributed by atoms with Crippen molar-refractivity contribution in [3.63, 3.8) is 0 Å². The Morgan fingerprint density at radius 2 is 1.68 bits per heavy atom. The molecule has 150 valence electrons. The molecule has 3 rings (SSSR count). The minimum Gasteiger partial charge on any atom is -0.338 e. The Labute approximate surface area is 167 Å². The summed E-state index contributed by atoms with van der Waals surface area (Å²) >= 11 is 0. The average Bonchev–Trinajstić information content (AvgIpc) is 2.68. The summed E-state index contributed by atoms with van der Waals surface area (Å²) in [4.78, 5) is 14.4. The van der Waals surface area contributed by atoms with E-state index in [1.54, 1.807) is 11.0 Å². The van der Waals surface area contributed by atoms with Crippen LogP contribution in [0.2, 0.25) is 0 Å². The van der Waals surface area contributed by atoms with E-state index in [-0.39, 0.29) is 6.03 Å². The zero-order valence-corrected chi connectivity index (χ0v) is 17.2. The van der Waals surface area contributed by atoms with Crippen LogP contribution in [0.5, 0.6) is 0 Å². The molecule has 0 saturated carbocycles. The minimum atomic E-state index is -3.54. The highest BCUT2D eigenvalue weighted by atomic mass is 32.2. The van der Waals surface area contributed by atoms with E-state index in [4.69, 9.17) is 0 Å². The van der Waals surface area contributed by atoms with Gasteiger partial charge in [0.15, 0.2) is 0 Å². The molecule has 0 bridgehead atoms.